The Morgan fingerprint density at radius 3 is 2.71 bits per heavy atom. The largest absolute Gasteiger partial charge is 0.478 e. The van der Waals surface area contributed by atoms with Crippen molar-refractivity contribution in [2.45, 2.75) is 45.3 Å². The molecule has 1 aromatic carbocycles. The number of carboxylic acid groups (broad SMARTS) is 1. The zero-order chi connectivity index (χ0) is 15.4. The Kier molecular flexibility index (Phi) is 4.96. The second-order valence-electron chi connectivity index (χ2n) is 5.79. The fourth-order valence-electron chi connectivity index (χ4n) is 2.64. The van der Waals surface area contributed by atoms with Gasteiger partial charge in [-0.1, -0.05) is 18.2 Å². The monoisotopic (exact) mass is 290 g/mol. The number of carbonyl (C=O) groups excluding carboxylic acids is 1. The van der Waals surface area contributed by atoms with Gasteiger partial charge in [0.2, 0.25) is 5.91 Å². The average molecular weight is 290 g/mol. The Labute approximate surface area is 125 Å². The number of aromatic carboxylic acids is 1. The predicted molar refractivity (Wildman–Crippen MR) is 80.1 cm³/mol. The normalized spacial score (nSPS) is 18.3. The lowest BCUT2D eigenvalue weighted by atomic mass is 10.1. The molecule has 1 saturated heterocycles. The van der Waals surface area contributed by atoms with Crippen LogP contribution in [0.3, 0.4) is 0 Å². The first kappa shape index (κ1) is 15.5. The van der Waals surface area contributed by atoms with Gasteiger partial charge in [-0.05, 0) is 31.9 Å². The summed E-state index contributed by atoms with van der Waals surface area (Å²) >= 11 is 0. The molecule has 0 spiro atoms. The van der Waals surface area contributed by atoms with Gasteiger partial charge in [-0.15, -0.1) is 0 Å². The van der Waals surface area contributed by atoms with E-state index in [4.69, 9.17) is 0 Å². The Morgan fingerprint density at radius 2 is 2.14 bits per heavy atom. The third-order valence-corrected chi connectivity index (χ3v) is 3.89. The van der Waals surface area contributed by atoms with Gasteiger partial charge in [0.05, 0.1) is 5.56 Å². The third kappa shape index (κ3) is 4.04. The molecule has 0 saturated carbocycles. The van der Waals surface area contributed by atoms with Crippen LogP contribution in [-0.4, -0.2) is 40.5 Å². The maximum atomic E-state index is 11.3. The molecule has 0 aromatic heterocycles. The number of nitrogens with zero attached hydrogens (tertiary/aromatic N) is 1. The summed E-state index contributed by atoms with van der Waals surface area (Å²) in [5.74, 6) is -0.793. The minimum absolute atomic E-state index is 0.106. The number of benzene rings is 1. The number of amides is 1. The number of carboxylic acids is 1. The zero-order valence-electron chi connectivity index (χ0n) is 12.5. The van der Waals surface area contributed by atoms with Crippen molar-refractivity contribution in [3.8, 4) is 0 Å². The van der Waals surface area contributed by atoms with Crippen LogP contribution >= 0.6 is 0 Å². The van der Waals surface area contributed by atoms with Gasteiger partial charge in [0.1, 0.15) is 0 Å². The summed E-state index contributed by atoms with van der Waals surface area (Å²) in [7, 11) is 0. The SMILES string of the molecule is CC(C)N(Cc1ccccc1C(=O)O)CC1CCC(=O)N1. The van der Waals surface area contributed by atoms with E-state index in [1.807, 2.05) is 12.1 Å². The van der Waals surface area contributed by atoms with E-state index >= 15 is 0 Å². The van der Waals surface area contributed by atoms with Gasteiger partial charge in [0.15, 0.2) is 0 Å². The van der Waals surface area contributed by atoms with Gasteiger partial charge >= 0.3 is 5.97 Å². The molecule has 5 heteroatoms. The van der Waals surface area contributed by atoms with E-state index in [0.29, 0.717) is 18.5 Å². The van der Waals surface area contributed by atoms with E-state index in [0.717, 1.165) is 18.5 Å². The Morgan fingerprint density at radius 1 is 1.43 bits per heavy atom. The maximum absolute atomic E-state index is 11.3. The minimum atomic E-state index is -0.900. The summed E-state index contributed by atoms with van der Waals surface area (Å²) in [5, 5.41) is 12.2. The lowest BCUT2D eigenvalue weighted by Crippen LogP contribution is -2.41. The van der Waals surface area contributed by atoms with E-state index < -0.39 is 5.97 Å². The van der Waals surface area contributed by atoms with Gasteiger partial charge < -0.3 is 10.4 Å². The highest BCUT2D eigenvalue weighted by molar-refractivity contribution is 5.89. The van der Waals surface area contributed by atoms with E-state index in [1.165, 1.54) is 0 Å². The molecule has 1 heterocycles. The molecule has 2 N–H and O–H groups in total. The fraction of sp³-hybridized carbons (Fsp3) is 0.500. The first-order valence-corrected chi connectivity index (χ1v) is 7.32. The lowest BCUT2D eigenvalue weighted by molar-refractivity contribution is -0.119. The molecule has 1 unspecified atom stereocenters. The molecule has 1 aliphatic heterocycles. The lowest BCUT2D eigenvalue weighted by Gasteiger charge is -2.29. The second kappa shape index (κ2) is 6.72. The van der Waals surface area contributed by atoms with Crippen molar-refractivity contribution in [1.29, 1.82) is 0 Å². The Balaban J connectivity index is 2.09. The molecular weight excluding hydrogens is 268 g/mol. The second-order valence-corrected chi connectivity index (χ2v) is 5.79. The molecule has 1 atom stereocenters. The van der Waals surface area contributed by atoms with Crippen molar-refractivity contribution in [2.75, 3.05) is 6.54 Å². The predicted octanol–water partition coefficient (Wildman–Crippen LogP) is 1.87. The van der Waals surface area contributed by atoms with Crippen LogP contribution in [0.15, 0.2) is 24.3 Å². The summed E-state index contributed by atoms with van der Waals surface area (Å²) in [5.41, 5.74) is 1.15. The molecular formula is C16H22N2O3. The van der Waals surface area contributed by atoms with Crippen molar-refractivity contribution in [3.05, 3.63) is 35.4 Å². The van der Waals surface area contributed by atoms with Crippen molar-refractivity contribution in [2.24, 2.45) is 0 Å². The van der Waals surface area contributed by atoms with Crippen molar-refractivity contribution in [3.63, 3.8) is 0 Å². The molecule has 2 rings (SSSR count). The highest BCUT2D eigenvalue weighted by atomic mass is 16.4. The van der Waals surface area contributed by atoms with Crippen molar-refractivity contribution < 1.29 is 14.7 Å². The third-order valence-electron chi connectivity index (χ3n) is 3.89. The van der Waals surface area contributed by atoms with E-state index in [-0.39, 0.29) is 18.0 Å². The molecule has 0 bridgehead atoms. The van der Waals surface area contributed by atoms with Gasteiger partial charge in [-0.25, -0.2) is 4.79 Å². The van der Waals surface area contributed by atoms with Gasteiger partial charge in [-0.3, -0.25) is 9.69 Å². The van der Waals surface area contributed by atoms with Crippen LogP contribution in [0.25, 0.3) is 0 Å². The van der Waals surface area contributed by atoms with Crippen LogP contribution < -0.4 is 5.32 Å². The maximum Gasteiger partial charge on any atom is 0.336 e. The summed E-state index contributed by atoms with van der Waals surface area (Å²) in [6, 6.07) is 7.53. The Hall–Kier alpha value is -1.88. The molecule has 1 fully saturated rings. The molecule has 5 nitrogen and oxygen atoms in total. The number of rotatable bonds is 6. The van der Waals surface area contributed by atoms with E-state index in [1.54, 1.807) is 12.1 Å². The first-order valence-electron chi connectivity index (χ1n) is 7.32. The van der Waals surface area contributed by atoms with Crippen LogP contribution in [0.5, 0.6) is 0 Å². The topological polar surface area (TPSA) is 69.6 Å². The quantitative estimate of drug-likeness (QED) is 0.839. The summed E-state index contributed by atoms with van der Waals surface area (Å²) < 4.78 is 0. The molecule has 1 aromatic rings. The molecule has 0 aliphatic carbocycles. The molecule has 1 aliphatic rings. The van der Waals surface area contributed by atoms with Crippen molar-refractivity contribution >= 4 is 11.9 Å². The van der Waals surface area contributed by atoms with Crippen LogP contribution in [0.1, 0.15) is 42.6 Å². The number of carbonyl (C=O) groups is 2. The van der Waals surface area contributed by atoms with Crippen LogP contribution in [0.4, 0.5) is 0 Å². The number of hydrogen-bond donors (Lipinski definition) is 2. The summed E-state index contributed by atoms with van der Waals surface area (Å²) in [6.45, 7) is 5.49. The van der Waals surface area contributed by atoms with E-state index in [2.05, 4.69) is 24.1 Å². The zero-order valence-corrected chi connectivity index (χ0v) is 12.5. The highest BCUT2D eigenvalue weighted by Crippen LogP contribution is 2.16. The Bertz CT molecular complexity index is 528. The van der Waals surface area contributed by atoms with E-state index in [9.17, 15) is 14.7 Å². The van der Waals surface area contributed by atoms with Crippen molar-refractivity contribution in [1.82, 2.24) is 10.2 Å². The first-order chi connectivity index (χ1) is 9.97. The number of hydrogen-bond acceptors (Lipinski definition) is 3. The summed E-state index contributed by atoms with van der Waals surface area (Å²) in [6.07, 6.45) is 1.44. The van der Waals surface area contributed by atoms with Gasteiger partial charge in [0, 0.05) is 31.6 Å². The smallest absolute Gasteiger partial charge is 0.336 e. The standard InChI is InChI=1S/C16H22N2O3/c1-11(2)18(10-13-7-8-15(19)17-13)9-12-5-3-4-6-14(12)16(20)21/h3-6,11,13H,7-10H2,1-2H3,(H,17,19)(H,20,21). The molecule has 21 heavy (non-hydrogen) atoms. The molecule has 0 radical (unpaired) electrons. The average Bonchev–Trinajstić information content (AvgIpc) is 2.83. The highest BCUT2D eigenvalue weighted by Gasteiger charge is 2.24. The van der Waals surface area contributed by atoms with Gasteiger partial charge in [-0.2, -0.15) is 0 Å². The van der Waals surface area contributed by atoms with Crippen LogP contribution in [0.2, 0.25) is 0 Å². The summed E-state index contributed by atoms with van der Waals surface area (Å²) in [4.78, 5) is 24.8. The molecule has 114 valence electrons. The fourth-order valence-corrected chi connectivity index (χ4v) is 2.64. The number of nitrogens with one attached hydrogen (secondary N) is 1. The minimum Gasteiger partial charge on any atom is -0.478 e. The van der Waals surface area contributed by atoms with Gasteiger partial charge in [0.25, 0.3) is 0 Å². The molecule has 1 amide bonds. The van der Waals surface area contributed by atoms with Crippen LogP contribution in [-0.2, 0) is 11.3 Å². The van der Waals surface area contributed by atoms with Crippen LogP contribution in [0, 0.1) is 0 Å².